The van der Waals surface area contributed by atoms with Crippen molar-refractivity contribution in [1.29, 1.82) is 0 Å². The molecule has 0 saturated heterocycles. The molecule has 110 valence electrons. The van der Waals surface area contributed by atoms with Gasteiger partial charge in [-0.05, 0) is 19.9 Å². The Balaban J connectivity index is 2.26. The number of hydrogen-bond donors (Lipinski definition) is 2. The van der Waals surface area contributed by atoms with Crippen molar-refractivity contribution in [2.75, 3.05) is 7.11 Å². The lowest BCUT2D eigenvalue weighted by molar-refractivity contribution is 0.415. The van der Waals surface area contributed by atoms with E-state index in [-0.39, 0.29) is 6.04 Å². The first-order valence-corrected chi connectivity index (χ1v) is 7.66. The van der Waals surface area contributed by atoms with Gasteiger partial charge in [-0.25, -0.2) is 0 Å². The monoisotopic (exact) mass is 314 g/mol. The quantitative estimate of drug-likeness (QED) is 0.635. The van der Waals surface area contributed by atoms with Crippen molar-refractivity contribution >= 4 is 22.9 Å². The van der Waals surface area contributed by atoms with E-state index in [1.165, 1.54) is 0 Å². The molecular formula is C13H19ClN4OS. The summed E-state index contributed by atoms with van der Waals surface area (Å²) in [6.45, 7) is 4.75. The zero-order valence-electron chi connectivity index (χ0n) is 11.8. The molecule has 0 aromatic carbocycles. The number of rotatable bonds is 6. The van der Waals surface area contributed by atoms with Gasteiger partial charge >= 0.3 is 0 Å². The molecule has 0 fully saturated rings. The molecule has 2 aromatic rings. The number of hydrazine groups is 1. The molecule has 0 amide bonds. The Kier molecular flexibility index (Phi) is 5.04. The van der Waals surface area contributed by atoms with Gasteiger partial charge in [0.25, 0.3) is 0 Å². The van der Waals surface area contributed by atoms with Crippen LogP contribution >= 0.6 is 22.9 Å². The molecule has 0 spiro atoms. The van der Waals surface area contributed by atoms with Crippen molar-refractivity contribution in [3.8, 4) is 5.75 Å². The van der Waals surface area contributed by atoms with Crippen LogP contribution in [-0.2, 0) is 13.0 Å². The number of hydrogen-bond acceptors (Lipinski definition) is 5. The Bertz CT molecular complexity index is 581. The average molecular weight is 315 g/mol. The predicted octanol–water partition coefficient (Wildman–Crippen LogP) is 2.68. The second kappa shape index (κ2) is 6.58. The SMILES string of the molecule is CCn1nc(C)c(Cl)c1CC(NN)c1cc(OC)cs1. The van der Waals surface area contributed by atoms with E-state index in [9.17, 15) is 0 Å². The van der Waals surface area contributed by atoms with E-state index in [1.807, 2.05) is 30.0 Å². The number of thiophene rings is 1. The molecule has 20 heavy (non-hydrogen) atoms. The van der Waals surface area contributed by atoms with E-state index >= 15 is 0 Å². The minimum absolute atomic E-state index is 0.0113. The molecule has 0 aliphatic carbocycles. The van der Waals surface area contributed by atoms with E-state index < -0.39 is 0 Å². The van der Waals surface area contributed by atoms with E-state index in [1.54, 1.807) is 18.4 Å². The Labute approximate surface area is 127 Å². The van der Waals surface area contributed by atoms with E-state index in [0.29, 0.717) is 6.42 Å². The summed E-state index contributed by atoms with van der Waals surface area (Å²) < 4.78 is 7.13. The highest BCUT2D eigenvalue weighted by molar-refractivity contribution is 7.10. The van der Waals surface area contributed by atoms with Crippen LogP contribution in [0, 0.1) is 6.92 Å². The van der Waals surface area contributed by atoms with Crippen molar-refractivity contribution in [2.24, 2.45) is 5.84 Å². The van der Waals surface area contributed by atoms with Gasteiger partial charge in [0, 0.05) is 23.2 Å². The molecule has 7 heteroatoms. The number of halogens is 1. The molecule has 0 saturated carbocycles. The summed E-state index contributed by atoms with van der Waals surface area (Å²) in [7, 11) is 1.66. The normalized spacial score (nSPS) is 12.7. The highest BCUT2D eigenvalue weighted by Gasteiger charge is 2.20. The molecule has 2 aromatic heterocycles. The summed E-state index contributed by atoms with van der Waals surface area (Å²) in [5, 5.41) is 7.11. The number of ether oxygens (including phenoxy) is 1. The molecule has 0 radical (unpaired) electrons. The Morgan fingerprint density at radius 2 is 2.35 bits per heavy atom. The van der Waals surface area contributed by atoms with Gasteiger partial charge in [-0.3, -0.25) is 16.0 Å². The van der Waals surface area contributed by atoms with Crippen molar-refractivity contribution in [2.45, 2.75) is 32.9 Å². The minimum atomic E-state index is -0.0113. The summed E-state index contributed by atoms with van der Waals surface area (Å²) in [6, 6.07) is 1.98. The molecule has 2 heterocycles. The fourth-order valence-electron chi connectivity index (χ4n) is 2.12. The van der Waals surface area contributed by atoms with Crippen molar-refractivity contribution in [1.82, 2.24) is 15.2 Å². The lowest BCUT2D eigenvalue weighted by Crippen LogP contribution is -2.29. The molecule has 1 atom stereocenters. The van der Waals surface area contributed by atoms with Crippen LogP contribution < -0.4 is 16.0 Å². The van der Waals surface area contributed by atoms with Crippen LogP contribution in [0.3, 0.4) is 0 Å². The van der Waals surface area contributed by atoms with E-state index in [0.717, 1.165) is 33.6 Å². The average Bonchev–Trinajstić information content (AvgIpc) is 3.03. The van der Waals surface area contributed by atoms with Crippen molar-refractivity contribution in [3.05, 3.63) is 32.7 Å². The number of methoxy groups -OCH3 is 1. The Morgan fingerprint density at radius 3 is 2.90 bits per heavy atom. The first-order valence-electron chi connectivity index (χ1n) is 6.41. The molecular weight excluding hydrogens is 296 g/mol. The van der Waals surface area contributed by atoms with Crippen LogP contribution in [0.5, 0.6) is 5.75 Å². The zero-order valence-corrected chi connectivity index (χ0v) is 13.4. The minimum Gasteiger partial charge on any atom is -0.496 e. The summed E-state index contributed by atoms with van der Waals surface area (Å²) in [4.78, 5) is 1.11. The largest absolute Gasteiger partial charge is 0.496 e. The Morgan fingerprint density at radius 1 is 1.60 bits per heavy atom. The van der Waals surface area contributed by atoms with Crippen molar-refractivity contribution in [3.63, 3.8) is 0 Å². The molecule has 2 rings (SSSR count). The maximum atomic E-state index is 6.34. The van der Waals surface area contributed by atoms with Crippen LogP contribution in [0.15, 0.2) is 11.4 Å². The lowest BCUT2D eigenvalue weighted by Gasteiger charge is -2.15. The van der Waals surface area contributed by atoms with Crippen LogP contribution in [0.2, 0.25) is 5.02 Å². The smallest absolute Gasteiger partial charge is 0.129 e. The van der Waals surface area contributed by atoms with Gasteiger partial charge in [-0.15, -0.1) is 11.3 Å². The van der Waals surface area contributed by atoms with Gasteiger partial charge in [-0.2, -0.15) is 5.10 Å². The molecule has 0 bridgehead atoms. The zero-order chi connectivity index (χ0) is 14.7. The van der Waals surface area contributed by atoms with Crippen LogP contribution in [0.1, 0.15) is 29.2 Å². The van der Waals surface area contributed by atoms with Crippen molar-refractivity contribution < 1.29 is 4.74 Å². The molecule has 3 N–H and O–H groups in total. The van der Waals surface area contributed by atoms with E-state index in [2.05, 4.69) is 10.5 Å². The second-order valence-corrected chi connectivity index (χ2v) is 5.79. The lowest BCUT2D eigenvalue weighted by atomic mass is 10.1. The van der Waals surface area contributed by atoms with E-state index in [4.69, 9.17) is 22.2 Å². The first-order chi connectivity index (χ1) is 9.60. The number of nitrogens with two attached hydrogens (primary N) is 1. The van der Waals surface area contributed by atoms with Crippen LogP contribution in [-0.4, -0.2) is 16.9 Å². The molecule has 1 unspecified atom stereocenters. The van der Waals surface area contributed by atoms with Gasteiger partial charge in [0.1, 0.15) is 5.75 Å². The topological polar surface area (TPSA) is 65.1 Å². The fourth-order valence-corrected chi connectivity index (χ4v) is 3.25. The Hall–Kier alpha value is -1.08. The fraction of sp³-hybridized carbons (Fsp3) is 0.462. The number of nitrogens with zero attached hydrogens (tertiary/aromatic N) is 2. The van der Waals surface area contributed by atoms with Gasteiger partial charge in [-0.1, -0.05) is 11.6 Å². The third-order valence-corrected chi connectivity index (χ3v) is 4.74. The van der Waals surface area contributed by atoms with Gasteiger partial charge in [0.15, 0.2) is 0 Å². The van der Waals surface area contributed by atoms with Gasteiger partial charge in [0.05, 0.1) is 29.6 Å². The standard InChI is InChI=1S/C13H19ClN4OS/c1-4-18-11(13(14)8(2)17-18)6-10(16-15)12-5-9(19-3)7-20-12/h5,7,10,16H,4,6,15H2,1-3H3. The molecule has 0 aliphatic heterocycles. The third kappa shape index (κ3) is 2.98. The number of nitrogens with one attached hydrogen (secondary N) is 1. The highest BCUT2D eigenvalue weighted by Crippen LogP contribution is 2.31. The second-order valence-electron chi connectivity index (χ2n) is 4.47. The third-order valence-electron chi connectivity index (χ3n) is 3.23. The summed E-state index contributed by atoms with van der Waals surface area (Å²) in [5.41, 5.74) is 4.70. The predicted molar refractivity (Wildman–Crippen MR) is 82.3 cm³/mol. The number of aryl methyl sites for hydroxylation is 2. The maximum absolute atomic E-state index is 6.34. The summed E-state index contributed by atoms with van der Waals surface area (Å²) >= 11 is 7.95. The van der Waals surface area contributed by atoms with Crippen LogP contribution in [0.4, 0.5) is 0 Å². The number of aromatic nitrogens is 2. The van der Waals surface area contributed by atoms with Crippen LogP contribution in [0.25, 0.3) is 0 Å². The summed E-state index contributed by atoms with van der Waals surface area (Å²) in [6.07, 6.45) is 0.688. The first kappa shape index (κ1) is 15.3. The van der Waals surface area contributed by atoms with Gasteiger partial charge in [0.2, 0.25) is 0 Å². The molecule has 0 aliphatic rings. The maximum Gasteiger partial charge on any atom is 0.129 e. The van der Waals surface area contributed by atoms with Gasteiger partial charge < -0.3 is 4.74 Å². The summed E-state index contributed by atoms with van der Waals surface area (Å²) in [5.74, 6) is 6.54. The highest BCUT2D eigenvalue weighted by atomic mass is 35.5. The molecule has 5 nitrogen and oxygen atoms in total.